The first-order valence-corrected chi connectivity index (χ1v) is 3.96. The van der Waals surface area contributed by atoms with E-state index in [0.717, 1.165) is 0 Å². The van der Waals surface area contributed by atoms with Crippen molar-refractivity contribution in [2.45, 2.75) is 17.3 Å². The van der Waals surface area contributed by atoms with Crippen molar-refractivity contribution in [1.29, 1.82) is 0 Å². The van der Waals surface area contributed by atoms with Crippen molar-refractivity contribution in [2.24, 2.45) is 0 Å². The molecule has 0 saturated carbocycles. The van der Waals surface area contributed by atoms with Crippen LogP contribution in [0.5, 0.6) is 0 Å². The summed E-state index contributed by atoms with van der Waals surface area (Å²) in [6.07, 6.45) is 0.197. The third-order valence-corrected chi connectivity index (χ3v) is 2.51. The van der Waals surface area contributed by atoms with E-state index in [1.165, 1.54) is 0 Å². The zero-order valence-electron chi connectivity index (χ0n) is 4.83. The standard InChI is InChI=1S/C5H7GeO3/c6-3-1-5(8)9-4(3)2-7/h3-4,7H,1-2H2/t3-,4-/m1/s1. The summed E-state index contributed by atoms with van der Waals surface area (Å²) in [5, 5.41) is 8.58. The third-order valence-electron chi connectivity index (χ3n) is 1.30. The molecule has 4 heteroatoms. The van der Waals surface area contributed by atoms with Gasteiger partial charge in [0.25, 0.3) is 0 Å². The molecule has 0 aromatic rings. The van der Waals surface area contributed by atoms with E-state index in [0.29, 0.717) is 6.42 Å². The van der Waals surface area contributed by atoms with Crippen LogP contribution in [0.1, 0.15) is 6.42 Å². The molecule has 1 rings (SSSR count). The third kappa shape index (κ3) is 1.46. The van der Waals surface area contributed by atoms with E-state index in [4.69, 9.17) is 9.84 Å². The van der Waals surface area contributed by atoms with Gasteiger partial charge in [0, 0.05) is 0 Å². The van der Waals surface area contributed by atoms with E-state index >= 15 is 0 Å². The summed E-state index contributed by atoms with van der Waals surface area (Å²) in [6.45, 7) is -0.0487. The molecular weight excluding hydrogens is 181 g/mol. The van der Waals surface area contributed by atoms with Crippen LogP contribution in [0, 0.1) is 0 Å². The number of ether oxygens (including phenoxy) is 1. The number of aliphatic hydroxyl groups excluding tert-OH is 1. The van der Waals surface area contributed by atoms with Gasteiger partial charge in [0.15, 0.2) is 0 Å². The number of carbonyl (C=O) groups excluding carboxylic acids is 1. The number of hydrogen-bond donors (Lipinski definition) is 1. The fourth-order valence-corrected chi connectivity index (χ4v) is 1.49. The molecule has 1 aliphatic rings. The number of carbonyl (C=O) groups is 1. The summed E-state index contributed by atoms with van der Waals surface area (Å²) in [6, 6.07) is 0. The van der Waals surface area contributed by atoms with Gasteiger partial charge in [0.2, 0.25) is 0 Å². The molecule has 0 aliphatic carbocycles. The van der Waals surface area contributed by atoms with Crippen molar-refractivity contribution in [3.8, 4) is 0 Å². The van der Waals surface area contributed by atoms with Gasteiger partial charge < -0.3 is 0 Å². The molecule has 1 aliphatic heterocycles. The Hall–Kier alpha value is -0.0271. The maximum atomic E-state index is 10.5. The van der Waals surface area contributed by atoms with E-state index in [9.17, 15) is 4.79 Å². The Labute approximate surface area is 61.6 Å². The van der Waals surface area contributed by atoms with Crippen LogP contribution in [0.4, 0.5) is 0 Å². The van der Waals surface area contributed by atoms with Gasteiger partial charge in [0.1, 0.15) is 0 Å². The summed E-state index contributed by atoms with van der Waals surface area (Å²) in [5.74, 6) is -0.193. The Bertz CT molecular complexity index is 125. The Morgan fingerprint density at radius 2 is 2.56 bits per heavy atom. The second kappa shape index (κ2) is 2.70. The molecule has 9 heavy (non-hydrogen) atoms. The molecule has 0 unspecified atom stereocenters. The Morgan fingerprint density at radius 3 is 2.78 bits per heavy atom. The normalized spacial score (nSPS) is 34.7. The number of cyclic esters (lactones) is 1. The van der Waals surface area contributed by atoms with Gasteiger partial charge in [-0.15, -0.1) is 0 Å². The molecule has 0 amide bonds. The van der Waals surface area contributed by atoms with Gasteiger partial charge >= 0.3 is 61.0 Å². The molecule has 1 fully saturated rings. The van der Waals surface area contributed by atoms with Crippen molar-refractivity contribution in [2.75, 3.05) is 6.61 Å². The monoisotopic (exact) mass is 189 g/mol. The van der Waals surface area contributed by atoms with Crippen LogP contribution in [0.3, 0.4) is 0 Å². The van der Waals surface area contributed by atoms with E-state index in [2.05, 4.69) is 0 Å². The molecular formula is C5H7GeO3. The Morgan fingerprint density at radius 1 is 1.89 bits per heavy atom. The van der Waals surface area contributed by atoms with Gasteiger partial charge in [-0.1, -0.05) is 0 Å². The summed E-state index contributed by atoms with van der Waals surface area (Å²) in [4.78, 5) is 10.5. The van der Waals surface area contributed by atoms with Crippen LogP contribution in [-0.2, 0) is 9.53 Å². The molecule has 0 aromatic heterocycles. The molecule has 3 nitrogen and oxygen atoms in total. The van der Waals surface area contributed by atoms with E-state index in [1.807, 2.05) is 16.5 Å². The molecule has 0 aromatic carbocycles. The molecule has 2 atom stereocenters. The molecule has 3 radical (unpaired) electrons. The molecule has 0 bridgehead atoms. The minimum atomic E-state index is -0.252. The van der Waals surface area contributed by atoms with Crippen LogP contribution in [0.15, 0.2) is 0 Å². The van der Waals surface area contributed by atoms with Crippen LogP contribution < -0.4 is 0 Å². The van der Waals surface area contributed by atoms with Crippen LogP contribution in [0.25, 0.3) is 0 Å². The molecule has 1 N–H and O–H groups in total. The SMILES string of the molecule is O=C1C[C@@H]([Ge])[C@@H](CO)O1. The zero-order chi connectivity index (χ0) is 6.85. The van der Waals surface area contributed by atoms with Crippen LogP contribution >= 0.6 is 0 Å². The average molecular weight is 188 g/mol. The van der Waals surface area contributed by atoms with E-state index < -0.39 is 0 Å². The summed E-state index contributed by atoms with van der Waals surface area (Å²) < 4.78 is 4.92. The van der Waals surface area contributed by atoms with Crippen LogP contribution in [0.2, 0.25) is 4.75 Å². The minimum absolute atomic E-state index is 0.0487. The second-order valence-corrected chi connectivity index (χ2v) is 3.58. The quantitative estimate of drug-likeness (QED) is 0.434. The predicted molar refractivity (Wildman–Crippen MR) is 31.1 cm³/mol. The topological polar surface area (TPSA) is 46.5 Å². The molecule has 1 heterocycles. The summed E-state index contributed by atoms with van der Waals surface area (Å²) >= 11 is 1.89. The predicted octanol–water partition coefficient (Wildman–Crippen LogP) is -0.749. The fraction of sp³-hybridized carbons (Fsp3) is 0.800. The first-order chi connectivity index (χ1) is 4.24. The second-order valence-electron chi connectivity index (χ2n) is 2.02. The summed E-state index contributed by atoms with van der Waals surface area (Å²) in [5.41, 5.74) is 0. The van der Waals surface area contributed by atoms with Crippen molar-refractivity contribution >= 4 is 22.5 Å². The van der Waals surface area contributed by atoms with Crippen molar-refractivity contribution in [3.05, 3.63) is 0 Å². The molecule has 1 saturated heterocycles. The Kier molecular flexibility index (Phi) is 2.13. The Balaban J connectivity index is 2.47. The number of rotatable bonds is 1. The first-order valence-electron chi connectivity index (χ1n) is 2.75. The zero-order valence-corrected chi connectivity index (χ0v) is 6.93. The van der Waals surface area contributed by atoms with Gasteiger partial charge in [-0.3, -0.25) is 0 Å². The van der Waals surface area contributed by atoms with Crippen molar-refractivity contribution in [1.82, 2.24) is 0 Å². The average Bonchev–Trinajstić information content (AvgIpc) is 2.10. The van der Waals surface area contributed by atoms with Crippen molar-refractivity contribution < 1.29 is 14.6 Å². The van der Waals surface area contributed by atoms with Gasteiger partial charge in [-0.25, -0.2) is 0 Å². The molecule has 0 spiro atoms. The molecule has 49 valence electrons. The summed E-state index contributed by atoms with van der Waals surface area (Å²) in [7, 11) is 0. The number of hydrogen-bond acceptors (Lipinski definition) is 3. The van der Waals surface area contributed by atoms with Gasteiger partial charge in [0.05, 0.1) is 0 Å². The fourth-order valence-electron chi connectivity index (χ4n) is 0.775. The van der Waals surface area contributed by atoms with Crippen LogP contribution in [-0.4, -0.2) is 40.3 Å². The van der Waals surface area contributed by atoms with Crippen molar-refractivity contribution in [3.63, 3.8) is 0 Å². The maximum absolute atomic E-state index is 10.5. The first kappa shape index (κ1) is 7.08. The van der Waals surface area contributed by atoms with Gasteiger partial charge in [-0.2, -0.15) is 0 Å². The van der Waals surface area contributed by atoms with E-state index in [-0.39, 0.29) is 23.4 Å². The van der Waals surface area contributed by atoms with E-state index in [1.54, 1.807) is 0 Å². The number of aliphatic hydroxyl groups is 1. The number of esters is 1. The van der Waals surface area contributed by atoms with Gasteiger partial charge in [-0.05, 0) is 0 Å².